The number of hydrogen-bond acceptors (Lipinski definition) is 5. The van der Waals surface area contributed by atoms with E-state index in [9.17, 15) is 22.4 Å². The molecule has 0 spiro atoms. The number of carboxylic acids is 1. The first-order valence-electron chi connectivity index (χ1n) is 9.63. The van der Waals surface area contributed by atoms with E-state index in [2.05, 4.69) is 15.0 Å². The molecule has 3 heterocycles. The van der Waals surface area contributed by atoms with E-state index in [4.69, 9.17) is 9.90 Å². The molecule has 2 aromatic rings. The first-order valence-corrected chi connectivity index (χ1v) is 9.63. The van der Waals surface area contributed by atoms with Gasteiger partial charge in [-0.1, -0.05) is 0 Å². The molecule has 11 heteroatoms. The highest BCUT2D eigenvalue weighted by Crippen LogP contribution is 2.32. The number of amides is 1. The van der Waals surface area contributed by atoms with Crippen molar-refractivity contribution in [3.05, 3.63) is 42.1 Å². The van der Waals surface area contributed by atoms with Crippen molar-refractivity contribution in [1.82, 2.24) is 19.9 Å². The van der Waals surface area contributed by atoms with Gasteiger partial charge in [-0.05, 0) is 31.4 Å². The number of aromatic nitrogens is 3. The lowest BCUT2D eigenvalue weighted by Crippen LogP contribution is -2.43. The zero-order chi connectivity index (χ0) is 22.6. The number of hydrogen-bond donors (Lipinski definition) is 1. The second-order valence-electron chi connectivity index (χ2n) is 7.28. The molecule has 0 aromatic carbocycles. The van der Waals surface area contributed by atoms with Gasteiger partial charge < -0.3 is 10.0 Å². The molecule has 0 atom stereocenters. The first kappa shape index (κ1) is 22.6. The Bertz CT molecular complexity index is 934. The van der Waals surface area contributed by atoms with Crippen molar-refractivity contribution in [3.63, 3.8) is 0 Å². The number of carbonyl (C=O) groups excluding carboxylic acids is 1. The van der Waals surface area contributed by atoms with Crippen molar-refractivity contribution in [2.75, 3.05) is 13.1 Å². The fourth-order valence-corrected chi connectivity index (χ4v) is 3.51. The van der Waals surface area contributed by atoms with E-state index < -0.39 is 18.3 Å². The second kappa shape index (κ2) is 9.36. The summed E-state index contributed by atoms with van der Waals surface area (Å²) in [5.41, 5.74) is 3.96. The van der Waals surface area contributed by atoms with Crippen LogP contribution < -0.4 is 0 Å². The van der Waals surface area contributed by atoms with Crippen LogP contribution in [0.4, 0.5) is 17.6 Å². The molecule has 1 fully saturated rings. The van der Waals surface area contributed by atoms with E-state index >= 15 is 0 Å². The van der Waals surface area contributed by atoms with Crippen molar-refractivity contribution in [2.45, 2.75) is 38.0 Å². The third kappa shape index (κ3) is 5.53. The van der Waals surface area contributed by atoms with Gasteiger partial charge in [0.05, 0.1) is 5.69 Å². The maximum absolute atomic E-state index is 13.0. The Morgan fingerprint density at radius 3 is 2.39 bits per heavy atom. The summed E-state index contributed by atoms with van der Waals surface area (Å²) in [5.74, 6) is -2.80. The van der Waals surface area contributed by atoms with Crippen LogP contribution in [0.1, 0.15) is 24.1 Å². The van der Waals surface area contributed by atoms with E-state index in [-0.39, 0.29) is 11.8 Å². The van der Waals surface area contributed by atoms with E-state index in [1.807, 2.05) is 17.0 Å². The van der Waals surface area contributed by atoms with Gasteiger partial charge >= 0.3 is 12.1 Å². The lowest BCUT2D eigenvalue weighted by molar-refractivity contribution is -0.192. The van der Waals surface area contributed by atoms with Gasteiger partial charge in [0, 0.05) is 54.6 Å². The van der Waals surface area contributed by atoms with Crippen LogP contribution in [0, 0.1) is 5.92 Å². The molecule has 1 saturated carbocycles. The van der Waals surface area contributed by atoms with Crippen molar-refractivity contribution >= 4 is 11.9 Å². The molecule has 0 bridgehead atoms. The largest absolute Gasteiger partial charge is 0.490 e. The minimum absolute atomic E-state index is 0.0904. The molecule has 4 rings (SSSR count). The molecule has 1 N–H and O–H groups in total. The standard InChI is InChI=1S/C18H19FN4O.C2HF3O2/c19-14-8-13(9-14)18(24)23-6-3-15-16(4-7-23)21-11-22-17(15)12-2-1-5-20-10-12;3-2(4,5)1(6)7/h1-2,5,10-11,13-14H,3-4,6-9H2;(H,6,7). The Morgan fingerprint density at radius 1 is 1.13 bits per heavy atom. The summed E-state index contributed by atoms with van der Waals surface area (Å²) in [5, 5.41) is 7.12. The van der Waals surface area contributed by atoms with Crippen LogP contribution in [0.25, 0.3) is 11.3 Å². The van der Waals surface area contributed by atoms with Gasteiger partial charge in [-0.25, -0.2) is 19.2 Å². The Labute approximate surface area is 175 Å². The molecule has 1 amide bonds. The highest BCUT2D eigenvalue weighted by Gasteiger charge is 2.38. The minimum Gasteiger partial charge on any atom is -0.475 e. The zero-order valence-electron chi connectivity index (χ0n) is 16.3. The van der Waals surface area contributed by atoms with Crippen molar-refractivity contribution in [3.8, 4) is 11.3 Å². The SMILES string of the molecule is O=C(C1CC(F)C1)N1CCc2ncnc(-c3cccnc3)c2CC1.O=C(O)C(F)(F)F. The third-order valence-electron chi connectivity index (χ3n) is 5.20. The molecule has 2 aliphatic rings. The lowest BCUT2D eigenvalue weighted by Gasteiger charge is -2.33. The fourth-order valence-electron chi connectivity index (χ4n) is 3.51. The van der Waals surface area contributed by atoms with Crippen LogP contribution in [0.15, 0.2) is 30.9 Å². The molecule has 0 unspecified atom stereocenters. The van der Waals surface area contributed by atoms with Gasteiger partial charge in [0.2, 0.25) is 5.91 Å². The van der Waals surface area contributed by atoms with Crippen molar-refractivity contribution in [2.24, 2.45) is 5.92 Å². The monoisotopic (exact) mass is 440 g/mol. The first-order chi connectivity index (χ1) is 14.7. The van der Waals surface area contributed by atoms with Crippen molar-refractivity contribution in [1.29, 1.82) is 0 Å². The normalized spacial score (nSPS) is 20.5. The summed E-state index contributed by atoms with van der Waals surface area (Å²) in [6.45, 7) is 1.28. The number of carbonyl (C=O) groups is 2. The minimum atomic E-state index is -5.08. The van der Waals surface area contributed by atoms with Gasteiger partial charge in [-0.2, -0.15) is 13.2 Å². The van der Waals surface area contributed by atoms with Gasteiger partial charge in [0.25, 0.3) is 0 Å². The molecule has 166 valence electrons. The number of rotatable bonds is 2. The van der Waals surface area contributed by atoms with Crippen LogP contribution in [-0.4, -0.2) is 62.3 Å². The van der Waals surface area contributed by atoms with E-state index in [0.717, 1.165) is 28.9 Å². The van der Waals surface area contributed by atoms with Crippen molar-refractivity contribution < 1.29 is 32.3 Å². The third-order valence-corrected chi connectivity index (χ3v) is 5.20. The van der Waals surface area contributed by atoms with Gasteiger partial charge in [-0.3, -0.25) is 9.78 Å². The highest BCUT2D eigenvalue weighted by atomic mass is 19.4. The summed E-state index contributed by atoms with van der Waals surface area (Å²) in [6.07, 6.45) is 1.42. The molecule has 0 saturated heterocycles. The Balaban J connectivity index is 0.000000339. The van der Waals surface area contributed by atoms with Crippen LogP contribution >= 0.6 is 0 Å². The van der Waals surface area contributed by atoms with Gasteiger partial charge in [0.1, 0.15) is 12.5 Å². The number of carboxylic acid groups (broad SMARTS) is 1. The average Bonchev–Trinajstić information content (AvgIpc) is 2.94. The van der Waals surface area contributed by atoms with E-state index in [0.29, 0.717) is 32.4 Å². The van der Waals surface area contributed by atoms with Gasteiger partial charge in [-0.15, -0.1) is 0 Å². The van der Waals surface area contributed by atoms with E-state index in [1.54, 1.807) is 18.7 Å². The van der Waals surface area contributed by atoms with Crippen LogP contribution in [0.2, 0.25) is 0 Å². The summed E-state index contributed by atoms with van der Waals surface area (Å²) >= 11 is 0. The second-order valence-corrected chi connectivity index (χ2v) is 7.28. The maximum atomic E-state index is 13.0. The summed E-state index contributed by atoms with van der Waals surface area (Å²) in [4.78, 5) is 36.3. The molecule has 31 heavy (non-hydrogen) atoms. The van der Waals surface area contributed by atoms with Crippen LogP contribution in [0.3, 0.4) is 0 Å². The maximum Gasteiger partial charge on any atom is 0.490 e. The number of aliphatic carboxylic acids is 1. The zero-order valence-corrected chi connectivity index (χ0v) is 16.3. The molecule has 2 aromatic heterocycles. The smallest absolute Gasteiger partial charge is 0.475 e. The Morgan fingerprint density at radius 2 is 1.81 bits per heavy atom. The number of pyridine rings is 1. The summed E-state index contributed by atoms with van der Waals surface area (Å²) in [7, 11) is 0. The number of alkyl halides is 4. The molecule has 1 aliphatic heterocycles. The van der Waals surface area contributed by atoms with Gasteiger partial charge in [0.15, 0.2) is 0 Å². The topological polar surface area (TPSA) is 96.3 Å². The predicted octanol–water partition coefficient (Wildman–Crippen LogP) is 2.85. The molecular formula is C20H20F4N4O3. The molecule has 1 aliphatic carbocycles. The van der Waals surface area contributed by atoms with E-state index in [1.165, 1.54) is 0 Å². The fraction of sp³-hybridized carbons (Fsp3) is 0.450. The number of fused-ring (bicyclic) bond motifs is 1. The quantitative estimate of drug-likeness (QED) is 0.722. The lowest BCUT2D eigenvalue weighted by atomic mass is 9.82. The Kier molecular flexibility index (Phi) is 6.81. The summed E-state index contributed by atoms with van der Waals surface area (Å²) < 4.78 is 44.8. The Hall–Kier alpha value is -3.11. The summed E-state index contributed by atoms with van der Waals surface area (Å²) in [6, 6.07) is 3.87. The number of nitrogens with zero attached hydrogens (tertiary/aromatic N) is 4. The molecular weight excluding hydrogens is 420 g/mol. The molecule has 7 nitrogen and oxygen atoms in total. The predicted molar refractivity (Wildman–Crippen MR) is 101 cm³/mol. The molecule has 0 radical (unpaired) electrons. The van der Waals surface area contributed by atoms with Crippen LogP contribution in [-0.2, 0) is 22.4 Å². The highest BCUT2D eigenvalue weighted by molar-refractivity contribution is 5.80. The van der Waals surface area contributed by atoms with Crippen LogP contribution in [0.5, 0.6) is 0 Å². The number of halogens is 4. The average molecular weight is 440 g/mol.